The maximum Gasteiger partial charge on any atom is 0.276 e. The van der Waals surface area contributed by atoms with Gasteiger partial charge in [-0.3, -0.25) is 15.1 Å². The molecule has 5 nitrogen and oxygen atoms in total. The first kappa shape index (κ1) is 16.4. The first-order chi connectivity index (χ1) is 12.2. The third-order valence-electron chi connectivity index (χ3n) is 4.09. The summed E-state index contributed by atoms with van der Waals surface area (Å²) in [6.45, 7) is 4.18. The third kappa shape index (κ3) is 2.87. The van der Waals surface area contributed by atoms with Gasteiger partial charge in [-0.15, -0.1) is 16.4 Å². The molecule has 0 unspecified atom stereocenters. The highest BCUT2D eigenvalue weighted by molar-refractivity contribution is 8.13. The van der Waals surface area contributed by atoms with Gasteiger partial charge in [-0.2, -0.15) is 0 Å². The predicted octanol–water partition coefficient (Wildman–Crippen LogP) is 2.34. The fourth-order valence-corrected chi connectivity index (χ4v) is 4.57. The van der Waals surface area contributed by atoms with Crippen molar-refractivity contribution < 1.29 is 4.79 Å². The molecule has 128 valence electrons. The van der Waals surface area contributed by atoms with Gasteiger partial charge < -0.3 is 0 Å². The molecule has 0 bridgehead atoms. The molecule has 1 N–H and O–H groups in total. The molecule has 0 spiro atoms. The molecule has 0 saturated heterocycles. The summed E-state index contributed by atoms with van der Waals surface area (Å²) in [5.41, 5.74) is 1.74. The van der Waals surface area contributed by atoms with Crippen LogP contribution in [0.15, 0.2) is 45.8 Å². The molecule has 1 aromatic carbocycles. The number of carbonyl (C=O) groups excluding carboxylic acids is 1. The molecule has 2 aliphatic heterocycles. The van der Waals surface area contributed by atoms with E-state index in [0.29, 0.717) is 10.9 Å². The minimum atomic E-state index is -0.298. The van der Waals surface area contributed by atoms with Crippen LogP contribution in [0.5, 0.6) is 0 Å². The summed E-state index contributed by atoms with van der Waals surface area (Å²) in [7, 11) is 0. The predicted molar refractivity (Wildman–Crippen MR) is 103 cm³/mol. The summed E-state index contributed by atoms with van der Waals surface area (Å²) in [6.07, 6.45) is 0.727. The second-order valence-corrected chi connectivity index (χ2v) is 7.92. The smallest absolute Gasteiger partial charge is 0.276 e. The van der Waals surface area contributed by atoms with E-state index >= 15 is 0 Å². The van der Waals surface area contributed by atoms with Crippen molar-refractivity contribution in [1.29, 1.82) is 0 Å². The molecule has 0 radical (unpaired) electrons. The van der Waals surface area contributed by atoms with Crippen LogP contribution >= 0.6 is 23.1 Å². The Labute approximate surface area is 154 Å². The molecule has 0 aliphatic carbocycles. The second kappa shape index (κ2) is 6.65. The number of para-hydroxylation sites is 1. The molecule has 0 saturated carbocycles. The number of hydrazone groups is 1. The zero-order chi connectivity index (χ0) is 17.4. The Morgan fingerprint density at radius 2 is 2.16 bits per heavy atom. The molecule has 7 heteroatoms. The van der Waals surface area contributed by atoms with Crippen LogP contribution in [0.1, 0.15) is 30.0 Å². The normalized spacial score (nSPS) is 18.9. The third-order valence-corrected chi connectivity index (χ3v) is 6.22. The van der Waals surface area contributed by atoms with Crippen molar-refractivity contribution in [3.8, 4) is 0 Å². The number of rotatable bonds is 3. The number of hydrogen-bond donors (Lipinski definition) is 1. The van der Waals surface area contributed by atoms with Gasteiger partial charge in [0.05, 0.1) is 10.2 Å². The van der Waals surface area contributed by atoms with E-state index in [1.165, 1.54) is 5.56 Å². The lowest BCUT2D eigenvalue weighted by Crippen LogP contribution is -2.50. The topological polar surface area (TPSA) is 57.1 Å². The Morgan fingerprint density at radius 1 is 1.32 bits per heavy atom. The number of benzene rings is 1. The van der Waals surface area contributed by atoms with E-state index in [1.807, 2.05) is 24.3 Å². The van der Waals surface area contributed by atoms with Gasteiger partial charge in [-0.25, -0.2) is 5.01 Å². The lowest BCUT2D eigenvalue weighted by Gasteiger charge is -2.33. The molecule has 2 aromatic rings. The largest absolute Gasteiger partial charge is 0.298 e. The first-order valence-corrected chi connectivity index (χ1v) is 10.1. The highest BCUT2D eigenvalue weighted by Gasteiger charge is 2.35. The van der Waals surface area contributed by atoms with E-state index in [-0.39, 0.29) is 12.1 Å². The van der Waals surface area contributed by atoms with E-state index in [2.05, 4.69) is 30.6 Å². The number of nitrogens with one attached hydrogen (secondary N) is 1. The number of carbonyl (C=O) groups is 1. The molecule has 25 heavy (non-hydrogen) atoms. The molecule has 2 aliphatic rings. The standard InChI is InChI=1S/C18H18N4OS2/c1-3-9-25-18-20-17(23)14-12-6-4-5-7-13(12)19-16(22(14)21-18)15-11(2)8-10-24-15/h4-8,10,16H,3,9H2,1-2H3,(H,20,21,23)/t16-/m1/s1. The quantitative estimate of drug-likeness (QED) is 0.902. The number of thiophene rings is 1. The number of amides is 1. The van der Waals surface area contributed by atoms with Crippen LogP contribution in [0.2, 0.25) is 0 Å². The van der Waals surface area contributed by atoms with Crippen molar-refractivity contribution in [3.63, 3.8) is 0 Å². The number of amidine groups is 1. The van der Waals surface area contributed by atoms with Crippen molar-refractivity contribution in [2.45, 2.75) is 26.4 Å². The van der Waals surface area contributed by atoms with E-state index in [0.717, 1.165) is 27.6 Å². The number of thioether (sulfide) groups is 1. The molecular formula is C18H18N4OS2. The Morgan fingerprint density at radius 3 is 2.92 bits per heavy atom. The highest BCUT2D eigenvalue weighted by atomic mass is 32.2. The Bertz CT molecular complexity index is 979. The summed E-state index contributed by atoms with van der Waals surface area (Å²) in [5.74, 6) is 0.800. The Hall–Kier alpha value is -2.12. The lowest BCUT2D eigenvalue weighted by atomic mass is 10.1. The van der Waals surface area contributed by atoms with Gasteiger partial charge >= 0.3 is 0 Å². The molecule has 0 fully saturated rings. The van der Waals surface area contributed by atoms with Gasteiger partial charge in [0.2, 0.25) is 0 Å². The second-order valence-electron chi connectivity index (χ2n) is 5.89. The van der Waals surface area contributed by atoms with Crippen molar-refractivity contribution in [2.75, 3.05) is 5.75 Å². The maximum atomic E-state index is 12.8. The first-order valence-electron chi connectivity index (χ1n) is 8.22. The summed E-state index contributed by atoms with van der Waals surface area (Å²) in [5, 5.41) is 13.8. The van der Waals surface area contributed by atoms with E-state index in [1.54, 1.807) is 28.1 Å². The monoisotopic (exact) mass is 370 g/mol. The summed E-state index contributed by atoms with van der Waals surface area (Å²) in [4.78, 5) is 18.9. The molecular weight excluding hydrogens is 352 g/mol. The number of nitrogens with zero attached hydrogens (tertiary/aromatic N) is 3. The van der Waals surface area contributed by atoms with Crippen molar-refractivity contribution in [1.82, 2.24) is 10.3 Å². The van der Waals surface area contributed by atoms with E-state index < -0.39 is 0 Å². The molecule has 3 heterocycles. The van der Waals surface area contributed by atoms with Crippen LogP contribution in [0, 0.1) is 6.92 Å². The lowest BCUT2D eigenvalue weighted by molar-refractivity contribution is -0.116. The van der Waals surface area contributed by atoms with Crippen molar-refractivity contribution in [2.24, 2.45) is 10.1 Å². The molecule has 1 aromatic heterocycles. The number of fused-ring (bicyclic) bond motifs is 2. The van der Waals surface area contributed by atoms with Gasteiger partial charge in [-0.05, 0) is 36.4 Å². The Kier molecular flexibility index (Phi) is 4.35. The van der Waals surface area contributed by atoms with Gasteiger partial charge in [-0.1, -0.05) is 36.9 Å². The van der Waals surface area contributed by atoms with Crippen LogP contribution < -0.4 is 15.9 Å². The number of hydrogen-bond acceptors (Lipinski definition) is 6. The van der Waals surface area contributed by atoms with Gasteiger partial charge in [0.25, 0.3) is 5.91 Å². The zero-order valence-corrected chi connectivity index (χ0v) is 15.7. The minimum Gasteiger partial charge on any atom is -0.298 e. The minimum absolute atomic E-state index is 0.116. The average molecular weight is 371 g/mol. The molecule has 4 rings (SSSR count). The van der Waals surface area contributed by atoms with Crippen LogP contribution in [-0.4, -0.2) is 21.8 Å². The van der Waals surface area contributed by atoms with Crippen LogP contribution in [0.3, 0.4) is 0 Å². The SMILES string of the molecule is CCCSC1=NN2C(=c3ccccc3=N[C@H]2c2sccc2C)C(=O)N1. The van der Waals surface area contributed by atoms with Gasteiger partial charge in [0, 0.05) is 11.0 Å². The summed E-state index contributed by atoms with van der Waals surface area (Å²) < 4.78 is 0. The summed E-state index contributed by atoms with van der Waals surface area (Å²) in [6, 6.07) is 9.83. The van der Waals surface area contributed by atoms with Crippen molar-refractivity contribution >= 4 is 39.9 Å². The van der Waals surface area contributed by atoms with E-state index in [4.69, 9.17) is 10.1 Å². The maximum absolute atomic E-state index is 12.8. The zero-order valence-electron chi connectivity index (χ0n) is 14.0. The molecule has 1 atom stereocenters. The average Bonchev–Trinajstić information content (AvgIpc) is 3.04. The van der Waals surface area contributed by atoms with Crippen LogP contribution in [0.25, 0.3) is 5.70 Å². The van der Waals surface area contributed by atoms with Gasteiger partial charge in [0.1, 0.15) is 5.70 Å². The van der Waals surface area contributed by atoms with Gasteiger partial charge in [0.15, 0.2) is 11.3 Å². The van der Waals surface area contributed by atoms with Crippen molar-refractivity contribution in [3.05, 3.63) is 56.7 Å². The van der Waals surface area contributed by atoms with Crippen LogP contribution in [0.4, 0.5) is 0 Å². The highest BCUT2D eigenvalue weighted by Crippen LogP contribution is 2.35. The fraction of sp³-hybridized carbons (Fsp3) is 0.278. The number of aryl methyl sites for hydroxylation is 1. The Balaban J connectivity index is 1.91. The van der Waals surface area contributed by atoms with E-state index in [9.17, 15) is 4.79 Å². The fourth-order valence-electron chi connectivity index (χ4n) is 2.91. The van der Waals surface area contributed by atoms with Crippen LogP contribution in [-0.2, 0) is 4.79 Å². The summed E-state index contributed by atoms with van der Waals surface area (Å²) >= 11 is 3.22. The molecule has 1 amide bonds.